The highest BCUT2D eigenvalue weighted by Gasteiger charge is 2.05. The molecule has 0 fully saturated rings. The Morgan fingerprint density at radius 2 is 2.13 bits per heavy atom. The second-order valence-corrected chi connectivity index (χ2v) is 3.62. The van der Waals surface area contributed by atoms with Gasteiger partial charge < -0.3 is 15.2 Å². The van der Waals surface area contributed by atoms with E-state index < -0.39 is 0 Å². The first-order valence-electron chi connectivity index (χ1n) is 5.27. The number of nitrogens with two attached hydrogens (primary N) is 1. The van der Waals surface area contributed by atoms with Gasteiger partial charge in [-0.2, -0.15) is 0 Å². The fraction of sp³-hybridized carbons (Fsp3) is 0.500. The van der Waals surface area contributed by atoms with Gasteiger partial charge in [0.15, 0.2) is 0 Å². The lowest BCUT2D eigenvalue weighted by molar-refractivity contribution is 0.210. The van der Waals surface area contributed by atoms with Gasteiger partial charge in [-0.3, -0.25) is 0 Å². The average molecular weight is 209 g/mol. The molecule has 1 rings (SSSR count). The third kappa shape index (κ3) is 3.35. The largest absolute Gasteiger partial charge is 0.495 e. The molecule has 1 aromatic carbocycles. The molecule has 3 heteroatoms. The highest BCUT2D eigenvalue weighted by Crippen LogP contribution is 2.26. The summed E-state index contributed by atoms with van der Waals surface area (Å²) in [5.41, 5.74) is 6.39. The Hall–Kier alpha value is -1.38. The second-order valence-electron chi connectivity index (χ2n) is 3.62. The summed E-state index contributed by atoms with van der Waals surface area (Å²) in [6, 6.07) is 5.50. The molecule has 0 aromatic heterocycles. The summed E-state index contributed by atoms with van der Waals surface area (Å²) in [6.45, 7) is 4.20. The first kappa shape index (κ1) is 11.7. The SMILES string of the molecule is CCCC(C)Oc1ccc(OC)c(N)c1. The topological polar surface area (TPSA) is 44.5 Å². The number of rotatable bonds is 5. The third-order valence-corrected chi connectivity index (χ3v) is 2.23. The Kier molecular flexibility index (Phi) is 4.28. The molecule has 15 heavy (non-hydrogen) atoms. The molecule has 0 aliphatic rings. The normalized spacial score (nSPS) is 12.2. The van der Waals surface area contributed by atoms with Gasteiger partial charge in [0.25, 0.3) is 0 Å². The molecule has 1 atom stereocenters. The van der Waals surface area contributed by atoms with Crippen LogP contribution in [-0.4, -0.2) is 13.2 Å². The lowest BCUT2D eigenvalue weighted by Crippen LogP contribution is -2.11. The number of benzene rings is 1. The molecule has 0 saturated heterocycles. The highest BCUT2D eigenvalue weighted by molar-refractivity contribution is 5.56. The van der Waals surface area contributed by atoms with Gasteiger partial charge in [-0.25, -0.2) is 0 Å². The third-order valence-electron chi connectivity index (χ3n) is 2.23. The molecule has 1 unspecified atom stereocenters. The summed E-state index contributed by atoms with van der Waals surface area (Å²) in [7, 11) is 1.60. The van der Waals surface area contributed by atoms with E-state index >= 15 is 0 Å². The lowest BCUT2D eigenvalue weighted by Gasteiger charge is -2.14. The van der Waals surface area contributed by atoms with Crippen LogP contribution in [0.5, 0.6) is 11.5 Å². The summed E-state index contributed by atoms with van der Waals surface area (Å²) < 4.78 is 10.8. The van der Waals surface area contributed by atoms with Gasteiger partial charge in [0.1, 0.15) is 11.5 Å². The minimum absolute atomic E-state index is 0.225. The molecule has 0 bridgehead atoms. The molecule has 0 aliphatic heterocycles. The van der Waals surface area contributed by atoms with Gasteiger partial charge in [0.05, 0.1) is 18.9 Å². The van der Waals surface area contributed by atoms with E-state index in [1.807, 2.05) is 12.1 Å². The standard InChI is InChI=1S/C12H19NO2/c1-4-5-9(2)15-10-6-7-12(14-3)11(13)8-10/h6-9H,4-5,13H2,1-3H3. The lowest BCUT2D eigenvalue weighted by atomic mass is 10.2. The summed E-state index contributed by atoms with van der Waals surface area (Å²) in [4.78, 5) is 0. The monoisotopic (exact) mass is 209 g/mol. The number of nitrogen functional groups attached to an aromatic ring is 1. The van der Waals surface area contributed by atoms with Crippen LogP contribution in [0.1, 0.15) is 26.7 Å². The Balaban J connectivity index is 2.66. The van der Waals surface area contributed by atoms with Crippen molar-refractivity contribution in [2.45, 2.75) is 32.8 Å². The summed E-state index contributed by atoms with van der Waals surface area (Å²) in [5, 5.41) is 0. The first-order valence-corrected chi connectivity index (χ1v) is 5.27. The van der Waals surface area contributed by atoms with Gasteiger partial charge in [-0.05, 0) is 25.5 Å². The maximum absolute atomic E-state index is 5.78. The molecule has 84 valence electrons. The van der Waals surface area contributed by atoms with Crippen molar-refractivity contribution in [1.29, 1.82) is 0 Å². The summed E-state index contributed by atoms with van der Waals surface area (Å²) in [6.07, 6.45) is 2.39. The molecule has 0 saturated carbocycles. The summed E-state index contributed by atoms with van der Waals surface area (Å²) in [5.74, 6) is 1.49. The van der Waals surface area contributed by atoms with E-state index in [0.717, 1.165) is 18.6 Å². The van der Waals surface area contributed by atoms with Crippen LogP contribution in [-0.2, 0) is 0 Å². The van der Waals surface area contributed by atoms with E-state index in [9.17, 15) is 0 Å². The molecule has 0 amide bonds. The maximum Gasteiger partial charge on any atom is 0.142 e. The number of ether oxygens (including phenoxy) is 2. The number of anilines is 1. The second kappa shape index (κ2) is 5.49. The molecule has 0 aliphatic carbocycles. The number of methoxy groups -OCH3 is 1. The minimum Gasteiger partial charge on any atom is -0.495 e. The molecule has 1 aromatic rings. The molecule has 3 nitrogen and oxygen atoms in total. The predicted octanol–water partition coefficient (Wildman–Crippen LogP) is 2.84. The fourth-order valence-corrected chi connectivity index (χ4v) is 1.48. The molecule has 2 N–H and O–H groups in total. The zero-order valence-corrected chi connectivity index (χ0v) is 9.62. The molecule has 0 radical (unpaired) electrons. The van der Waals surface area contributed by atoms with Gasteiger partial charge in [0, 0.05) is 6.07 Å². The van der Waals surface area contributed by atoms with E-state index in [0.29, 0.717) is 11.4 Å². The Morgan fingerprint density at radius 3 is 2.67 bits per heavy atom. The van der Waals surface area contributed by atoms with E-state index in [1.165, 1.54) is 0 Å². The van der Waals surface area contributed by atoms with Crippen molar-refractivity contribution in [3.63, 3.8) is 0 Å². The average Bonchev–Trinajstić information content (AvgIpc) is 2.18. The van der Waals surface area contributed by atoms with Crippen molar-refractivity contribution >= 4 is 5.69 Å². The number of hydrogen-bond acceptors (Lipinski definition) is 3. The van der Waals surface area contributed by atoms with Crippen LogP contribution in [0.15, 0.2) is 18.2 Å². The van der Waals surface area contributed by atoms with Crippen LogP contribution in [0, 0.1) is 0 Å². The first-order chi connectivity index (χ1) is 7.17. The van der Waals surface area contributed by atoms with Crippen molar-refractivity contribution in [2.75, 3.05) is 12.8 Å². The fourth-order valence-electron chi connectivity index (χ4n) is 1.48. The Bertz CT molecular complexity index is 312. The highest BCUT2D eigenvalue weighted by atomic mass is 16.5. The van der Waals surface area contributed by atoms with Crippen LogP contribution >= 0.6 is 0 Å². The summed E-state index contributed by atoms with van der Waals surface area (Å²) >= 11 is 0. The molecular weight excluding hydrogens is 190 g/mol. The van der Waals surface area contributed by atoms with E-state index in [1.54, 1.807) is 13.2 Å². The van der Waals surface area contributed by atoms with Gasteiger partial charge in [0.2, 0.25) is 0 Å². The van der Waals surface area contributed by atoms with Gasteiger partial charge in [-0.15, -0.1) is 0 Å². The molecule has 0 heterocycles. The number of hydrogen-bond donors (Lipinski definition) is 1. The van der Waals surface area contributed by atoms with Gasteiger partial charge >= 0.3 is 0 Å². The predicted molar refractivity (Wildman–Crippen MR) is 62.4 cm³/mol. The van der Waals surface area contributed by atoms with Crippen molar-refractivity contribution in [3.8, 4) is 11.5 Å². The van der Waals surface area contributed by atoms with Crippen LogP contribution in [0.2, 0.25) is 0 Å². The maximum atomic E-state index is 5.78. The quantitative estimate of drug-likeness (QED) is 0.758. The minimum atomic E-state index is 0.225. The molecular formula is C12H19NO2. The van der Waals surface area contributed by atoms with Crippen LogP contribution < -0.4 is 15.2 Å². The zero-order chi connectivity index (χ0) is 11.3. The smallest absolute Gasteiger partial charge is 0.142 e. The van der Waals surface area contributed by atoms with Crippen LogP contribution in [0.3, 0.4) is 0 Å². The van der Waals surface area contributed by atoms with Gasteiger partial charge in [-0.1, -0.05) is 13.3 Å². The van der Waals surface area contributed by atoms with E-state index in [4.69, 9.17) is 15.2 Å². The van der Waals surface area contributed by atoms with Crippen molar-refractivity contribution in [2.24, 2.45) is 0 Å². The zero-order valence-electron chi connectivity index (χ0n) is 9.62. The van der Waals surface area contributed by atoms with Crippen molar-refractivity contribution in [1.82, 2.24) is 0 Å². The van der Waals surface area contributed by atoms with E-state index in [2.05, 4.69) is 13.8 Å². The van der Waals surface area contributed by atoms with Crippen LogP contribution in [0.25, 0.3) is 0 Å². The van der Waals surface area contributed by atoms with Crippen molar-refractivity contribution in [3.05, 3.63) is 18.2 Å². The van der Waals surface area contributed by atoms with Crippen molar-refractivity contribution < 1.29 is 9.47 Å². The molecule has 0 spiro atoms. The van der Waals surface area contributed by atoms with E-state index in [-0.39, 0.29) is 6.10 Å². The Labute approximate surface area is 91.2 Å². The Morgan fingerprint density at radius 1 is 1.40 bits per heavy atom. The van der Waals surface area contributed by atoms with Crippen LogP contribution in [0.4, 0.5) is 5.69 Å².